The Morgan fingerprint density at radius 3 is 2.39 bits per heavy atom. The van der Waals surface area contributed by atoms with Crippen LogP contribution < -0.4 is 5.73 Å². The molecular weight excluding hydrogens is 224 g/mol. The SMILES string of the molecule is COC1CCN(C(CN)c2ccc(C)cc2)CC1. The van der Waals surface area contributed by atoms with E-state index in [1.54, 1.807) is 7.11 Å². The smallest absolute Gasteiger partial charge is 0.0595 e. The lowest BCUT2D eigenvalue weighted by atomic mass is 10.00. The van der Waals surface area contributed by atoms with E-state index in [4.69, 9.17) is 10.5 Å². The first kappa shape index (κ1) is 13.5. The molecule has 1 heterocycles. The number of aryl methyl sites for hydroxylation is 1. The second-order valence-corrected chi connectivity index (χ2v) is 5.13. The summed E-state index contributed by atoms with van der Waals surface area (Å²) >= 11 is 0. The van der Waals surface area contributed by atoms with Crippen molar-refractivity contribution >= 4 is 0 Å². The first-order valence-electron chi connectivity index (χ1n) is 6.78. The minimum atomic E-state index is 0.350. The van der Waals surface area contributed by atoms with Crippen molar-refractivity contribution in [3.05, 3.63) is 35.4 Å². The third kappa shape index (κ3) is 3.10. The zero-order valence-electron chi connectivity index (χ0n) is 11.4. The van der Waals surface area contributed by atoms with Crippen LogP contribution >= 0.6 is 0 Å². The van der Waals surface area contributed by atoms with E-state index in [2.05, 4.69) is 36.1 Å². The van der Waals surface area contributed by atoms with Crippen molar-refractivity contribution in [3.63, 3.8) is 0 Å². The number of rotatable bonds is 4. The van der Waals surface area contributed by atoms with Gasteiger partial charge in [-0.3, -0.25) is 4.90 Å². The lowest BCUT2D eigenvalue weighted by molar-refractivity contribution is 0.0280. The van der Waals surface area contributed by atoms with Crippen LogP contribution in [0.4, 0.5) is 0 Å². The van der Waals surface area contributed by atoms with Crippen LogP contribution in [0.1, 0.15) is 30.0 Å². The number of piperidine rings is 1. The van der Waals surface area contributed by atoms with E-state index < -0.39 is 0 Å². The van der Waals surface area contributed by atoms with Gasteiger partial charge < -0.3 is 10.5 Å². The molecule has 1 aliphatic heterocycles. The summed E-state index contributed by atoms with van der Waals surface area (Å²) in [5, 5.41) is 0. The van der Waals surface area contributed by atoms with E-state index in [1.165, 1.54) is 11.1 Å². The molecule has 1 unspecified atom stereocenters. The molecule has 2 rings (SSSR count). The Balaban J connectivity index is 2.03. The van der Waals surface area contributed by atoms with Crippen molar-refractivity contribution in [2.45, 2.75) is 31.9 Å². The van der Waals surface area contributed by atoms with E-state index in [0.717, 1.165) is 25.9 Å². The number of hydrogen-bond acceptors (Lipinski definition) is 3. The van der Waals surface area contributed by atoms with Crippen molar-refractivity contribution in [1.29, 1.82) is 0 Å². The quantitative estimate of drug-likeness (QED) is 0.887. The lowest BCUT2D eigenvalue weighted by Gasteiger charge is -2.36. The molecule has 1 fully saturated rings. The molecule has 0 bridgehead atoms. The van der Waals surface area contributed by atoms with E-state index in [-0.39, 0.29) is 0 Å². The second kappa shape index (κ2) is 6.32. The number of nitrogens with two attached hydrogens (primary N) is 1. The molecule has 3 heteroatoms. The Morgan fingerprint density at radius 2 is 1.89 bits per heavy atom. The standard InChI is InChI=1S/C15H24N2O/c1-12-3-5-13(6-4-12)15(11-16)17-9-7-14(18-2)8-10-17/h3-6,14-15H,7-11,16H2,1-2H3. The number of benzene rings is 1. The van der Waals surface area contributed by atoms with Gasteiger partial charge in [0.1, 0.15) is 0 Å². The average Bonchev–Trinajstić information content (AvgIpc) is 2.42. The summed E-state index contributed by atoms with van der Waals surface area (Å²) in [5.41, 5.74) is 8.60. The topological polar surface area (TPSA) is 38.5 Å². The van der Waals surface area contributed by atoms with E-state index in [0.29, 0.717) is 18.7 Å². The van der Waals surface area contributed by atoms with Gasteiger partial charge in [0.2, 0.25) is 0 Å². The molecule has 2 N–H and O–H groups in total. The Morgan fingerprint density at radius 1 is 1.28 bits per heavy atom. The molecule has 1 aromatic rings. The Kier molecular flexibility index (Phi) is 4.75. The molecule has 0 spiro atoms. The second-order valence-electron chi connectivity index (χ2n) is 5.13. The number of likely N-dealkylation sites (tertiary alicyclic amines) is 1. The lowest BCUT2D eigenvalue weighted by Crippen LogP contribution is -2.41. The van der Waals surface area contributed by atoms with Crippen LogP contribution in [0.15, 0.2) is 24.3 Å². The molecule has 18 heavy (non-hydrogen) atoms. The number of ether oxygens (including phenoxy) is 1. The average molecular weight is 248 g/mol. The summed E-state index contributed by atoms with van der Waals surface area (Å²) in [4.78, 5) is 2.49. The highest BCUT2D eigenvalue weighted by molar-refractivity contribution is 5.24. The fourth-order valence-corrected chi connectivity index (χ4v) is 2.71. The van der Waals surface area contributed by atoms with Gasteiger partial charge in [0, 0.05) is 32.8 Å². The largest absolute Gasteiger partial charge is 0.381 e. The predicted molar refractivity (Wildman–Crippen MR) is 74.6 cm³/mol. The number of nitrogens with zero attached hydrogens (tertiary/aromatic N) is 1. The molecule has 0 radical (unpaired) electrons. The van der Waals surface area contributed by atoms with Crippen LogP contribution in [-0.4, -0.2) is 37.7 Å². The molecule has 0 aliphatic carbocycles. The van der Waals surface area contributed by atoms with Gasteiger partial charge in [0.15, 0.2) is 0 Å². The van der Waals surface area contributed by atoms with E-state index in [9.17, 15) is 0 Å². The van der Waals surface area contributed by atoms with Crippen LogP contribution in [0.3, 0.4) is 0 Å². The molecule has 1 aromatic carbocycles. The monoisotopic (exact) mass is 248 g/mol. The number of methoxy groups -OCH3 is 1. The van der Waals surface area contributed by atoms with Crippen molar-refractivity contribution in [2.24, 2.45) is 5.73 Å². The molecule has 0 aromatic heterocycles. The van der Waals surface area contributed by atoms with E-state index >= 15 is 0 Å². The summed E-state index contributed by atoms with van der Waals surface area (Å²) in [5.74, 6) is 0. The highest BCUT2D eigenvalue weighted by Crippen LogP contribution is 2.24. The fraction of sp³-hybridized carbons (Fsp3) is 0.600. The minimum Gasteiger partial charge on any atom is -0.381 e. The van der Waals surface area contributed by atoms with Crippen molar-refractivity contribution in [1.82, 2.24) is 4.90 Å². The van der Waals surface area contributed by atoms with Gasteiger partial charge in [-0.25, -0.2) is 0 Å². The third-order valence-corrected chi connectivity index (χ3v) is 3.94. The maximum absolute atomic E-state index is 5.97. The highest BCUT2D eigenvalue weighted by Gasteiger charge is 2.24. The fourth-order valence-electron chi connectivity index (χ4n) is 2.71. The number of hydrogen-bond donors (Lipinski definition) is 1. The van der Waals surface area contributed by atoms with Crippen LogP contribution in [0, 0.1) is 6.92 Å². The summed E-state index contributed by atoms with van der Waals surface area (Å²) in [6.07, 6.45) is 2.65. The zero-order chi connectivity index (χ0) is 13.0. The molecular formula is C15H24N2O. The van der Waals surface area contributed by atoms with Gasteiger partial charge in [-0.05, 0) is 25.3 Å². The van der Waals surface area contributed by atoms with Gasteiger partial charge in [-0.2, -0.15) is 0 Å². The summed E-state index contributed by atoms with van der Waals surface area (Å²) in [6.45, 7) is 4.95. The summed E-state index contributed by atoms with van der Waals surface area (Å²) in [7, 11) is 1.81. The maximum Gasteiger partial charge on any atom is 0.0595 e. The minimum absolute atomic E-state index is 0.350. The third-order valence-electron chi connectivity index (χ3n) is 3.94. The molecule has 0 saturated carbocycles. The molecule has 1 saturated heterocycles. The Labute approximate surface area is 110 Å². The first-order valence-corrected chi connectivity index (χ1v) is 6.78. The Bertz CT molecular complexity index is 355. The van der Waals surface area contributed by atoms with Crippen LogP contribution in [0.25, 0.3) is 0 Å². The van der Waals surface area contributed by atoms with Gasteiger partial charge in [-0.1, -0.05) is 29.8 Å². The van der Waals surface area contributed by atoms with Crippen LogP contribution in [-0.2, 0) is 4.74 Å². The molecule has 100 valence electrons. The first-order chi connectivity index (χ1) is 8.74. The molecule has 1 aliphatic rings. The summed E-state index contributed by atoms with van der Waals surface area (Å²) < 4.78 is 5.42. The zero-order valence-corrected chi connectivity index (χ0v) is 11.4. The van der Waals surface area contributed by atoms with Crippen molar-refractivity contribution < 1.29 is 4.74 Å². The van der Waals surface area contributed by atoms with Crippen LogP contribution in [0.5, 0.6) is 0 Å². The molecule has 3 nitrogen and oxygen atoms in total. The molecule has 1 atom stereocenters. The molecule has 0 amide bonds. The van der Waals surface area contributed by atoms with Gasteiger partial charge in [-0.15, -0.1) is 0 Å². The van der Waals surface area contributed by atoms with Gasteiger partial charge in [0.05, 0.1) is 6.10 Å². The van der Waals surface area contributed by atoms with E-state index in [1.807, 2.05) is 0 Å². The normalized spacial score (nSPS) is 19.9. The predicted octanol–water partition coefficient (Wildman–Crippen LogP) is 2.11. The maximum atomic E-state index is 5.97. The van der Waals surface area contributed by atoms with Crippen LogP contribution in [0.2, 0.25) is 0 Å². The summed E-state index contributed by atoms with van der Waals surface area (Å²) in [6, 6.07) is 9.09. The van der Waals surface area contributed by atoms with Crippen molar-refractivity contribution in [2.75, 3.05) is 26.7 Å². The highest BCUT2D eigenvalue weighted by atomic mass is 16.5. The van der Waals surface area contributed by atoms with Gasteiger partial charge >= 0.3 is 0 Å². The Hall–Kier alpha value is -0.900. The van der Waals surface area contributed by atoms with Crippen molar-refractivity contribution in [3.8, 4) is 0 Å². The van der Waals surface area contributed by atoms with Gasteiger partial charge in [0.25, 0.3) is 0 Å².